The fourth-order valence-electron chi connectivity index (χ4n) is 7.70. The second-order valence-corrected chi connectivity index (χ2v) is 13.9. The van der Waals surface area contributed by atoms with Gasteiger partial charge in [-0.25, -0.2) is 14.8 Å². The minimum Gasteiger partial charge on any atom is -0.308 e. The SMILES string of the molecule is [C-]#[N+]c1ccc(-c2cc(-c3cc(-c4ccccc4)nc(-c4ccccc4)n3)cc(-c3ccc(C#N)cc3C#N)c2-n2c3ccccc3c3cc(C)ccc32)c(C#N)c1. The van der Waals surface area contributed by atoms with E-state index in [0.717, 1.165) is 49.9 Å². The van der Waals surface area contributed by atoms with Crippen molar-refractivity contribution in [3.63, 3.8) is 0 Å². The molecule has 9 rings (SSSR count). The molecular formula is C51H29N7. The molecule has 0 bridgehead atoms. The van der Waals surface area contributed by atoms with E-state index in [0.29, 0.717) is 61.7 Å². The molecule has 0 aliphatic rings. The monoisotopic (exact) mass is 739 g/mol. The van der Waals surface area contributed by atoms with Crippen molar-refractivity contribution in [3.05, 3.63) is 191 Å². The fraction of sp³-hybridized carbons (Fsp3) is 0.0196. The molecule has 7 heteroatoms. The van der Waals surface area contributed by atoms with E-state index in [1.165, 1.54) is 0 Å². The van der Waals surface area contributed by atoms with Crippen LogP contribution < -0.4 is 0 Å². The summed E-state index contributed by atoms with van der Waals surface area (Å²) in [6, 6.07) is 57.6. The molecule has 0 aliphatic carbocycles. The Labute approximate surface area is 335 Å². The predicted octanol–water partition coefficient (Wildman–Crippen LogP) is 12.4. The molecule has 0 amide bonds. The van der Waals surface area contributed by atoms with E-state index in [1.54, 1.807) is 24.3 Å². The van der Waals surface area contributed by atoms with Gasteiger partial charge < -0.3 is 4.57 Å². The first-order valence-electron chi connectivity index (χ1n) is 18.5. The highest BCUT2D eigenvalue weighted by atomic mass is 15.0. The van der Waals surface area contributed by atoms with Gasteiger partial charge in [0, 0.05) is 49.7 Å². The molecule has 0 N–H and O–H groups in total. The van der Waals surface area contributed by atoms with Crippen molar-refractivity contribution in [1.82, 2.24) is 14.5 Å². The average molecular weight is 740 g/mol. The molecule has 2 aromatic heterocycles. The number of hydrogen-bond donors (Lipinski definition) is 0. The van der Waals surface area contributed by atoms with E-state index in [2.05, 4.69) is 64.9 Å². The largest absolute Gasteiger partial charge is 0.308 e. The van der Waals surface area contributed by atoms with Crippen LogP contribution in [0.25, 0.3) is 88.5 Å². The number of aryl methyl sites for hydroxylation is 1. The Balaban J connectivity index is 1.48. The van der Waals surface area contributed by atoms with Crippen LogP contribution in [0.1, 0.15) is 22.3 Å². The molecule has 7 nitrogen and oxygen atoms in total. The molecule has 0 fully saturated rings. The van der Waals surface area contributed by atoms with Crippen LogP contribution in [0, 0.1) is 47.5 Å². The normalized spacial score (nSPS) is 10.8. The molecule has 9 aromatic rings. The summed E-state index contributed by atoms with van der Waals surface area (Å²) in [5.74, 6) is 0.539. The number of fused-ring (bicyclic) bond motifs is 3. The summed E-state index contributed by atoms with van der Waals surface area (Å²) in [4.78, 5) is 13.8. The molecular weight excluding hydrogens is 711 g/mol. The maximum Gasteiger partial charge on any atom is 0.188 e. The Kier molecular flexibility index (Phi) is 8.81. The second kappa shape index (κ2) is 14.6. The lowest BCUT2D eigenvalue weighted by molar-refractivity contribution is 1.17. The number of aromatic nitrogens is 3. The van der Waals surface area contributed by atoms with Gasteiger partial charge in [-0.15, -0.1) is 0 Å². The Morgan fingerprint density at radius 1 is 0.517 bits per heavy atom. The maximum absolute atomic E-state index is 10.7. The lowest BCUT2D eigenvalue weighted by Gasteiger charge is -2.22. The zero-order valence-corrected chi connectivity index (χ0v) is 31.1. The highest BCUT2D eigenvalue weighted by Gasteiger charge is 2.25. The molecule has 7 aromatic carbocycles. The number of rotatable bonds is 6. The molecule has 0 aliphatic heterocycles. The summed E-state index contributed by atoms with van der Waals surface area (Å²) < 4.78 is 2.20. The third-order valence-corrected chi connectivity index (χ3v) is 10.4. The van der Waals surface area contributed by atoms with Gasteiger partial charge in [-0.1, -0.05) is 109 Å². The molecule has 0 saturated heterocycles. The lowest BCUT2D eigenvalue weighted by atomic mass is 9.88. The third kappa shape index (κ3) is 6.09. The van der Waals surface area contributed by atoms with Crippen molar-refractivity contribution in [2.75, 3.05) is 0 Å². The zero-order chi connectivity index (χ0) is 39.8. The van der Waals surface area contributed by atoms with Gasteiger partial charge >= 0.3 is 0 Å². The Morgan fingerprint density at radius 2 is 1.12 bits per heavy atom. The standard InChI is InChI=1S/C51H29N7/c1-32-17-22-49-43(23-32)42-15-9-10-16-48(42)58(49)50-44(40-20-18-33(29-52)24-37(40)30-53)26-36(27-45(50)41-21-19-39(55-2)25-38(41)31-54)47-28-46(34-11-5-3-6-12-34)56-51(57-47)35-13-7-4-8-14-35/h3-28H,1H3. The number of nitriles is 3. The number of nitrogens with zero attached hydrogens (tertiary/aromatic N) is 7. The maximum atomic E-state index is 10.7. The minimum atomic E-state index is 0.321. The Morgan fingerprint density at radius 3 is 1.79 bits per heavy atom. The third-order valence-electron chi connectivity index (χ3n) is 10.4. The van der Waals surface area contributed by atoms with E-state index < -0.39 is 0 Å². The van der Waals surface area contributed by atoms with Gasteiger partial charge in [-0.05, 0) is 67.1 Å². The van der Waals surface area contributed by atoms with Gasteiger partial charge in [0.1, 0.15) is 0 Å². The van der Waals surface area contributed by atoms with Crippen LogP contribution in [0.3, 0.4) is 0 Å². The van der Waals surface area contributed by atoms with E-state index in [9.17, 15) is 15.8 Å². The molecule has 58 heavy (non-hydrogen) atoms. The summed E-state index contributed by atoms with van der Waals surface area (Å²) in [5, 5.41) is 33.3. The van der Waals surface area contributed by atoms with Gasteiger partial charge in [0.2, 0.25) is 0 Å². The van der Waals surface area contributed by atoms with Crippen LogP contribution >= 0.6 is 0 Å². The van der Waals surface area contributed by atoms with Crippen molar-refractivity contribution in [1.29, 1.82) is 15.8 Å². The number of benzene rings is 7. The van der Waals surface area contributed by atoms with Crippen molar-refractivity contribution in [2.45, 2.75) is 6.92 Å². The fourth-order valence-corrected chi connectivity index (χ4v) is 7.70. The van der Waals surface area contributed by atoms with Crippen molar-refractivity contribution < 1.29 is 0 Å². The van der Waals surface area contributed by atoms with Crippen LogP contribution in [0.2, 0.25) is 0 Å². The van der Waals surface area contributed by atoms with E-state index in [-0.39, 0.29) is 0 Å². The Bertz CT molecular complexity index is 3120. The lowest BCUT2D eigenvalue weighted by Crippen LogP contribution is -2.04. The quantitative estimate of drug-likeness (QED) is 0.158. The van der Waals surface area contributed by atoms with Crippen molar-refractivity contribution in [2.24, 2.45) is 0 Å². The summed E-state index contributed by atoms with van der Waals surface area (Å²) in [7, 11) is 0. The van der Waals surface area contributed by atoms with Crippen LogP contribution in [0.4, 0.5) is 5.69 Å². The van der Waals surface area contributed by atoms with Gasteiger partial charge in [0.15, 0.2) is 11.5 Å². The molecule has 0 unspecified atom stereocenters. The first-order chi connectivity index (χ1) is 28.5. The molecule has 0 atom stereocenters. The van der Waals surface area contributed by atoms with E-state index in [4.69, 9.17) is 16.5 Å². The van der Waals surface area contributed by atoms with Gasteiger partial charge in [0.25, 0.3) is 0 Å². The highest BCUT2D eigenvalue weighted by molar-refractivity contribution is 6.11. The van der Waals surface area contributed by atoms with Gasteiger partial charge in [0.05, 0.1) is 64.0 Å². The van der Waals surface area contributed by atoms with Crippen LogP contribution in [-0.4, -0.2) is 14.5 Å². The number of para-hydroxylation sites is 1. The second-order valence-electron chi connectivity index (χ2n) is 13.9. The van der Waals surface area contributed by atoms with Crippen LogP contribution in [-0.2, 0) is 0 Å². The van der Waals surface area contributed by atoms with Crippen LogP contribution in [0.5, 0.6) is 0 Å². The Hall–Kier alpha value is -8.62. The average Bonchev–Trinajstić information content (AvgIpc) is 3.61. The summed E-state index contributed by atoms with van der Waals surface area (Å²) in [5.41, 5.74) is 11.5. The van der Waals surface area contributed by atoms with E-state index >= 15 is 0 Å². The molecule has 0 radical (unpaired) electrons. The molecule has 0 spiro atoms. The number of hydrogen-bond acceptors (Lipinski definition) is 5. The predicted molar refractivity (Wildman–Crippen MR) is 229 cm³/mol. The zero-order valence-electron chi connectivity index (χ0n) is 31.1. The van der Waals surface area contributed by atoms with Gasteiger partial charge in [-0.2, -0.15) is 15.8 Å². The summed E-state index contributed by atoms with van der Waals surface area (Å²) in [6.07, 6.45) is 0. The van der Waals surface area contributed by atoms with Gasteiger partial charge in [-0.3, -0.25) is 0 Å². The minimum absolute atomic E-state index is 0.321. The first kappa shape index (κ1) is 35.1. The van der Waals surface area contributed by atoms with E-state index in [1.807, 2.05) is 103 Å². The highest BCUT2D eigenvalue weighted by Crippen LogP contribution is 2.46. The topological polar surface area (TPSA) is 106 Å². The molecule has 268 valence electrons. The summed E-state index contributed by atoms with van der Waals surface area (Å²) >= 11 is 0. The smallest absolute Gasteiger partial charge is 0.188 e. The molecule has 2 heterocycles. The van der Waals surface area contributed by atoms with Crippen LogP contribution in [0.15, 0.2) is 158 Å². The van der Waals surface area contributed by atoms with Crippen molar-refractivity contribution >= 4 is 27.5 Å². The molecule has 0 saturated carbocycles. The van der Waals surface area contributed by atoms with Crippen molar-refractivity contribution in [3.8, 4) is 80.1 Å². The summed E-state index contributed by atoms with van der Waals surface area (Å²) in [6.45, 7) is 9.81. The first-order valence-corrected chi connectivity index (χ1v) is 18.5.